The number of pyridine rings is 1. The Morgan fingerprint density at radius 1 is 1.09 bits per heavy atom. The third-order valence-corrected chi connectivity index (χ3v) is 4.52. The number of amides is 1. The molecule has 1 aliphatic rings. The minimum Gasteiger partial charge on any atom is -0.357 e. The van der Waals surface area contributed by atoms with Crippen molar-refractivity contribution in [2.24, 2.45) is 0 Å². The average Bonchev–Trinajstić information content (AvgIpc) is 2.84. The van der Waals surface area contributed by atoms with Gasteiger partial charge in [0.25, 0.3) is 5.91 Å². The lowest BCUT2D eigenvalue weighted by atomic mass is 10.2. The van der Waals surface area contributed by atoms with E-state index in [-0.39, 0.29) is 5.91 Å². The van der Waals surface area contributed by atoms with Crippen LogP contribution >= 0.6 is 15.9 Å². The van der Waals surface area contributed by atoms with Gasteiger partial charge in [0, 0.05) is 29.4 Å². The van der Waals surface area contributed by atoms with Crippen molar-refractivity contribution in [1.29, 1.82) is 0 Å². The van der Waals surface area contributed by atoms with Crippen LogP contribution in [0.15, 0.2) is 47.1 Å². The lowest BCUT2D eigenvalue weighted by molar-refractivity contribution is 0.102. The topological polar surface area (TPSA) is 45.2 Å². The predicted molar refractivity (Wildman–Crippen MR) is 97.0 cm³/mol. The van der Waals surface area contributed by atoms with E-state index in [4.69, 9.17) is 0 Å². The van der Waals surface area contributed by atoms with Crippen LogP contribution < -0.4 is 10.2 Å². The van der Waals surface area contributed by atoms with Crippen LogP contribution in [0.25, 0.3) is 0 Å². The second-order valence-corrected chi connectivity index (χ2v) is 6.69. The van der Waals surface area contributed by atoms with Crippen LogP contribution in [-0.2, 0) is 0 Å². The third-order valence-electron chi connectivity index (χ3n) is 4.02. The number of carbonyl (C=O) groups is 1. The summed E-state index contributed by atoms with van der Waals surface area (Å²) in [6, 6.07) is 11.3. The van der Waals surface area contributed by atoms with Crippen molar-refractivity contribution < 1.29 is 4.79 Å². The fraction of sp³-hybridized carbons (Fsp3) is 0.333. The van der Waals surface area contributed by atoms with Gasteiger partial charge in [-0.3, -0.25) is 4.79 Å². The summed E-state index contributed by atoms with van der Waals surface area (Å²) in [5.74, 6) is 0.823. The summed E-state index contributed by atoms with van der Waals surface area (Å²) in [4.78, 5) is 19.1. The van der Waals surface area contributed by atoms with Gasteiger partial charge in [-0.2, -0.15) is 0 Å². The molecule has 1 aromatic carbocycles. The van der Waals surface area contributed by atoms with Crippen molar-refractivity contribution in [2.45, 2.75) is 25.7 Å². The van der Waals surface area contributed by atoms with Gasteiger partial charge in [0.2, 0.25) is 0 Å². The molecule has 23 heavy (non-hydrogen) atoms. The van der Waals surface area contributed by atoms with E-state index in [0.717, 1.165) is 29.1 Å². The van der Waals surface area contributed by atoms with Crippen LogP contribution in [0.5, 0.6) is 0 Å². The van der Waals surface area contributed by atoms with E-state index in [1.165, 1.54) is 25.7 Å². The van der Waals surface area contributed by atoms with Gasteiger partial charge < -0.3 is 10.2 Å². The van der Waals surface area contributed by atoms with Gasteiger partial charge >= 0.3 is 0 Å². The summed E-state index contributed by atoms with van der Waals surface area (Å²) < 4.78 is 0.935. The van der Waals surface area contributed by atoms with E-state index in [9.17, 15) is 4.79 Å². The van der Waals surface area contributed by atoms with E-state index >= 15 is 0 Å². The van der Waals surface area contributed by atoms with E-state index < -0.39 is 0 Å². The zero-order chi connectivity index (χ0) is 16.1. The number of hydrogen-bond donors (Lipinski definition) is 1. The molecule has 0 unspecified atom stereocenters. The first-order chi connectivity index (χ1) is 11.2. The summed E-state index contributed by atoms with van der Waals surface area (Å²) in [7, 11) is 0. The summed E-state index contributed by atoms with van der Waals surface area (Å²) in [5.41, 5.74) is 1.34. The highest BCUT2D eigenvalue weighted by Crippen LogP contribution is 2.19. The van der Waals surface area contributed by atoms with Gasteiger partial charge in [-0.15, -0.1) is 0 Å². The van der Waals surface area contributed by atoms with E-state index in [1.807, 2.05) is 36.4 Å². The largest absolute Gasteiger partial charge is 0.357 e. The van der Waals surface area contributed by atoms with E-state index in [2.05, 4.69) is 31.1 Å². The molecule has 5 heteroatoms. The fourth-order valence-electron chi connectivity index (χ4n) is 2.78. The Labute approximate surface area is 145 Å². The molecule has 0 spiro atoms. The van der Waals surface area contributed by atoms with E-state index in [0.29, 0.717) is 5.56 Å². The Bertz CT molecular complexity index is 664. The lowest BCUT2D eigenvalue weighted by Gasteiger charge is -2.21. The molecule has 1 saturated heterocycles. The molecule has 0 radical (unpaired) electrons. The Morgan fingerprint density at radius 3 is 2.52 bits per heavy atom. The summed E-state index contributed by atoms with van der Waals surface area (Å²) in [5, 5.41) is 2.89. The van der Waals surface area contributed by atoms with Crippen molar-refractivity contribution in [3.8, 4) is 0 Å². The SMILES string of the molecule is O=C(Nc1cccc(Br)c1)c1ccc(N2CCCCCC2)nc1. The number of carbonyl (C=O) groups excluding carboxylic acids is 1. The number of hydrogen-bond acceptors (Lipinski definition) is 3. The Hall–Kier alpha value is -1.88. The number of benzene rings is 1. The molecule has 4 nitrogen and oxygen atoms in total. The molecule has 3 rings (SSSR count). The fourth-order valence-corrected chi connectivity index (χ4v) is 3.18. The maximum atomic E-state index is 12.3. The van der Waals surface area contributed by atoms with Crippen LogP contribution in [0.1, 0.15) is 36.0 Å². The number of anilines is 2. The van der Waals surface area contributed by atoms with E-state index in [1.54, 1.807) is 6.20 Å². The monoisotopic (exact) mass is 373 g/mol. The number of nitrogens with one attached hydrogen (secondary N) is 1. The molecule has 1 amide bonds. The third kappa shape index (κ3) is 4.32. The second kappa shape index (κ2) is 7.59. The number of nitrogens with zero attached hydrogens (tertiary/aromatic N) is 2. The van der Waals surface area contributed by atoms with Gasteiger partial charge in [-0.05, 0) is 43.2 Å². The molecule has 1 aromatic heterocycles. The maximum absolute atomic E-state index is 12.3. The molecule has 0 atom stereocenters. The normalized spacial score (nSPS) is 15.1. The molecule has 1 N–H and O–H groups in total. The van der Waals surface area contributed by atoms with Crippen LogP contribution in [-0.4, -0.2) is 24.0 Å². The highest BCUT2D eigenvalue weighted by atomic mass is 79.9. The van der Waals surface area contributed by atoms with Gasteiger partial charge in [-0.1, -0.05) is 34.8 Å². The maximum Gasteiger partial charge on any atom is 0.257 e. The number of aromatic nitrogens is 1. The quantitative estimate of drug-likeness (QED) is 0.862. The average molecular weight is 374 g/mol. The second-order valence-electron chi connectivity index (χ2n) is 5.77. The highest BCUT2D eigenvalue weighted by molar-refractivity contribution is 9.10. The van der Waals surface area contributed by atoms with Crippen LogP contribution in [0.4, 0.5) is 11.5 Å². The molecule has 120 valence electrons. The summed E-state index contributed by atoms with van der Waals surface area (Å²) in [6.07, 6.45) is 6.68. The molecule has 0 bridgehead atoms. The predicted octanol–water partition coefficient (Wildman–Crippen LogP) is 4.48. The molecule has 0 saturated carbocycles. The Morgan fingerprint density at radius 2 is 1.87 bits per heavy atom. The zero-order valence-corrected chi connectivity index (χ0v) is 14.6. The van der Waals surface area contributed by atoms with Crippen molar-refractivity contribution in [3.63, 3.8) is 0 Å². The summed E-state index contributed by atoms with van der Waals surface area (Å²) >= 11 is 3.40. The smallest absolute Gasteiger partial charge is 0.257 e. The first kappa shape index (κ1) is 16.0. The lowest BCUT2D eigenvalue weighted by Crippen LogP contribution is -2.25. The number of rotatable bonds is 3. The highest BCUT2D eigenvalue weighted by Gasteiger charge is 2.12. The molecule has 2 aromatic rings. The first-order valence-electron chi connectivity index (χ1n) is 8.00. The minimum atomic E-state index is -0.141. The molecule has 2 heterocycles. The summed E-state index contributed by atoms with van der Waals surface area (Å²) in [6.45, 7) is 2.10. The Balaban J connectivity index is 1.67. The Kier molecular flexibility index (Phi) is 5.28. The first-order valence-corrected chi connectivity index (χ1v) is 8.79. The molecular weight excluding hydrogens is 354 g/mol. The van der Waals surface area contributed by atoms with Crippen molar-refractivity contribution >= 4 is 33.3 Å². The zero-order valence-electron chi connectivity index (χ0n) is 13.0. The van der Waals surface area contributed by atoms with Gasteiger partial charge in [0.1, 0.15) is 5.82 Å². The van der Waals surface area contributed by atoms with Crippen molar-refractivity contribution in [3.05, 3.63) is 52.6 Å². The standard InChI is InChI=1S/C18H20BrN3O/c19-15-6-5-7-16(12-15)21-18(23)14-8-9-17(20-13-14)22-10-3-1-2-4-11-22/h5-9,12-13H,1-4,10-11H2,(H,21,23). The molecule has 0 aliphatic carbocycles. The van der Waals surface area contributed by atoms with Gasteiger partial charge in [0.05, 0.1) is 5.56 Å². The van der Waals surface area contributed by atoms with Crippen LogP contribution in [0, 0.1) is 0 Å². The number of halogens is 1. The van der Waals surface area contributed by atoms with Crippen LogP contribution in [0.2, 0.25) is 0 Å². The van der Waals surface area contributed by atoms with Crippen LogP contribution in [0.3, 0.4) is 0 Å². The molecule has 1 fully saturated rings. The van der Waals surface area contributed by atoms with Crippen molar-refractivity contribution in [1.82, 2.24) is 4.98 Å². The molecule has 1 aliphatic heterocycles. The van der Waals surface area contributed by atoms with Gasteiger partial charge in [-0.25, -0.2) is 4.98 Å². The molecular formula is C18H20BrN3O. The van der Waals surface area contributed by atoms with Crippen molar-refractivity contribution in [2.75, 3.05) is 23.3 Å². The van der Waals surface area contributed by atoms with Gasteiger partial charge in [0.15, 0.2) is 0 Å². The minimum absolute atomic E-state index is 0.141.